The van der Waals surface area contributed by atoms with Gasteiger partial charge in [0.1, 0.15) is 18.0 Å². The van der Waals surface area contributed by atoms with Gasteiger partial charge in [0.15, 0.2) is 6.61 Å². The maximum absolute atomic E-state index is 12.1. The van der Waals surface area contributed by atoms with E-state index in [1.807, 2.05) is 6.92 Å². The van der Waals surface area contributed by atoms with E-state index < -0.39 is 43.0 Å². The Morgan fingerprint density at radius 1 is 0.935 bits per heavy atom. The van der Waals surface area contributed by atoms with E-state index in [0.29, 0.717) is 17.9 Å². The van der Waals surface area contributed by atoms with Crippen LogP contribution >= 0.6 is 0 Å². The van der Waals surface area contributed by atoms with Crippen LogP contribution in [0, 0.1) is 0 Å². The van der Waals surface area contributed by atoms with E-state index in [4.69, 9.17) is 9.47 Å². The molecule has 2 aromatic carbocycles. The van der Waals surface area contributed by atoms with E-state index in [1.54, 1.807) is 12.1 Å². The summed E-state index contributed by atoms with van der Waals surface area (Å²) in [6, 6.07) is 10.7. The Hall–Kier alpha value is -3.76. The maximum Gasteiger partial charge on any atom is 0.573 e. The number of hydrogen-bond donors (Lipinski definition) is 2. The third-order valence-electron chi connectivity index (χ3n) is 3.56. The first kappa shape index (κ1) is 23.5. The van der Waals surface area contributed by atoms with Gasteiger partial charge in [-0.15, -0.1) is 13.2 Å². The van der Waals surface area contributed by atoms with Crippen molar-refractivity contribution in [1.29, 1.82) is 0 Å². The number of nitrogens with one attached hydrogen (secondary N) is 2. The molecular weight excluding hydrogens is 421 g/mol. The molecule has 0 aliphatic carbocycles. The second kappa shape index (κ2) is 10.9. The van der Waals surface area contributed by atoms with Gasteiger partial charge in [-0.2, -0.15) is 0 Å². The van der Waals surface area contributed by atoms with Gasteiger partial charge in [0.2, 0.25) is 0 Å². The molecule has 31 heavy (non-hydrogen) atoms. The number of hydrogen-bond acceptors (Lipinski definition) is 6. The Bertz CT molecular complexity index is 899. The number of benzene rings is 2. The third kappa shape index (κ3) is 8.64. The number of anilines is 1. The van der Waals surface area contributed by atoms with Crippen LogP contribution in [0.4, 0.5) is 18.9 Å². The predicted molar refractivity (Wildman–Crippen MR) is 103 cm³/mol. The van der Waals surface area contributed by atoms with Crippen LogP contribution in [0.2, 0.25) is 0 Å². The molecule has 166 valence electrons. The lowest BCUT2D eigenvalue weighted by Gasteiger charge is -2.10. The van der Waals surface area contributed by atoms with Crippen molar-refractivity contribution in [3.8, 4) is 11.5 Å². The third-order valence-corrected chi connectivity index (χ3v) is 3.56. The van der Waals surface area contributed by atoms with Crippen molar-refractivity contribution in [2.24, 2.45) is 0 Å². The highest BCUT2D eigenvalue weighted by Crippen LogP contribution is 2.23. The summed E-state index contributed by atoms with van der Waals surface area (Å²) in [5.74, 6) is -1.91. The molecule has 0 aromatic heterocycles. The molecule has 0 aliphatic rings. The summed E-state index contributed by atoms with van der Waals surface area (Å²) in [5.41, 5.74) is 0.492. The van der Waals surface area contributed by atoms with Crippen LogP contribution < -0.4 is 20.1 Å². The number of carbonyl (C=O) groups is 3. The zero-order valence-electron chi connectivity index (χ0n) is 16.3. The van der Waals surface area contributed by atoms with Crippen LogP contribution in [0.3, 0.4) is 0 Å². The van der Waals surface area contributed by atoms with Gasteiger partial charge in [-0.25, -0.2) is 0 Å². The molecule has 0 saturated carbocycles. The molecule has 2 aromatic rings. The lowest BCUT2D eigenvalue weighted by atomic mass is 10.2. The molecule has 2 rings (SSSR count). The molecule has 0 bridgehead atoms. The summed E-state index contributed by atoms with van der Waals surface area (Å²) in [4.78, 5) is 35.5. The van der Waals surface area contributed by atoms with Crippen LogP contribution in [0.25, 0.3) is 0 Å². The van der Waals surface area contributed by atoms with Gasteiger partial charge in [0.25, 0.3) is 11.8 Å². The lowest BCUT2D eigenvalue weighted by Crippen LogP contribution is -2.32. The summed E-state index contributed by atoms with van der Waals surface area (Å²) in [7, 11) is 0. The minimum absolute atomic E-state index is 0.180. The van der Waals surface area contributed by atoms with Crippen molar-refractivity contribution >= 4 is 23.5 Å². The summed E-state index contributed by atoms with van der Waals surface area (Å²) >= 11 is 0. The van der Waals surface area contributed by atoms with E-state index in [-0.39, 0.29) is 5.69 Å². The van der Waals surface area contributed by atoms with E-state index in [2.05, 4.69) is 15.4 Å². The number of esters is 1. The molecule has 2 amide bonds. The monoisotopic (exact) mass is 440 g/mol. The van der Waals surface area contributed by atoms with Crippen molar-refractivity contribution in [3.63, 3.8) is 0 Å². The Morgan fingerprint density at radius 2 is 1.55 bits per heavy atom. The summed E-state index contributed by atoms with van der Waals surface area (Å²) in [6.45, 7) is 1.22. The molecule has 0 fully saturated rings. The molecular formula is C20H19F3N2O6. The number of amides is 2. The Labute approximate surface area is 175 Å². The SMILES string of the molecule is CCOc1ccc(C(=O)NCC(=O)OCC(=O)Nc2ccc(OC(F)(F)F)cc2)cc1. The second-order valence-electron chi connectivity index (χ2n) is 5.92. The first-order valence-corrected chi connectivity index (χ1v) is 8.98. The standard InChI is InChI=1S/C20H19F3N2O6/c1-2-29-15-7-3-13(4-8-15)19(28)24-11-18(27)30-12-17(26)25-14-5-9-16(10-6-14)31-20(21,22)23/h3-10H,2,11-12H2,1H3,(H,24,28)(H,25,26). The van der Waals surface area contributed by atoms with Gasteiger partial charge in [0, 0.05) is 11.3 Å². The minimum Gasteiger partial charge on any atom is -0.494 e. The normalized spacial score (nSPS) is 10.7. The average molecular weight is 440 g/mol. The number of alkyl halides is 3. The van der Waals surface area contributed by atoms with Crippen molar-refractivity contribution in [2.45, 2.75) is 13.3 Å². The van der Waals surface area contributed by atoms with Gasteiger partial charge < -0.3 is 24.8 Å². The first-order chi connectivity index (χ1) is 14.7. The van der Waals surface area contributed by atoms with Crippen LogP contribution in [0.5, 0.6) is 11.5 Å². The van der Waals surface area contributed by atoms with Crippen LogP contribution in [0.15, 0.2) is 48.5 Å². The number of halogens is 3. The fourth-order valence-corrected chi connectivity index (χ4v) is 2.26. The molecule has 8 nitrogen and oxygen atoms in total. The molecule has 0 saturated heterocycles. The number of carbonyl (C=O) groups excluding carboxylic acids is 3. The summed E-state index contributed by atoms with van der Waals surface area (Å²) < 4.78 is 50.1. The Morgan fingerprint density at radius 3 is 2.13 bits per heavy atom. The number of ether oxygens (including phenoxy) is 3. The van der Waals surface area contributed by atoms with E-state index >= 15 is 0 Å². The van der Waals surface area contributed by atoms with Crippen LogP contribution in [0.1, 0.15) is 17.3 Å². The van der Waals surface area contributed by atoms with Crippen molar-refractivity contribution < 1.29 is 41.8 Å². The van der Waals surface area contributed by atoms with E-state index in [9.17, 15) is 27.6 Å². The molecule has 0 aliphatic heterocycles. The van der Waals surface area contributed by atoms with Gasteiger partial charge in [-0.05, 0) is 55.5 Å². The van der Waals surface area contributed by atoms with Crippen molar-refractivity contribution in [1.82, 2.24) is 5.32 Å². The maximum atomic E-state index is 12.1. The number of rotatable bonds is 9. The summed E-state index contributed by atoms with van der Waals surface area (Å²) in [6.07, 6.45) is -4.82. The largest absolute Gasteiger partial charge is 0.573 e. The molecule has 0 spiro atoms. The highest BCUT2D eigenvalue weighted by atomic mass is 19.4. The van der Waals surface area contributed by atoms with Crippen LogP contribution in [-0.4, -0.2) is 43.9 Å². The van der Waals surface area contributed by atoms with E-state index in [0.717, 1.165) is 12.1 Å². The Balaban J connectivity index is 1.71. The van der Waals surface area contributed by atoms with Crippen molar-refractivity contribution in [3.05, 3.63) is 54.1 Å². The highest BCUT2D eigenvalue weighted by Gasteiger charge is 2.30. The zero-order valence-corrected chi connectivity index (χ0v) is 16.3. The topological polar surface area (TPSA) is 103 Å². The van der Waals surface area contributed by atoms with E-state index in [1.165, 1.54) is 24.3 Å². The second-order valence-corrected chi connectivity index (χ2v) is 5.92. The highest BCUT2D eigenvalue weighted by molar-refractivity contribution is 5.96. The minimum atomic E-state index is -4.82. The fourth-order valence-electron chi connectivity index (χ4n) is 2.26. The molecule has 0 radical (unpaired) electrons. The predicted octanol–water partition coefficient (Wildman–Crippen LogP) is 2.90. The van der Waals surface area contributed by atoms with Gasteiger partial charge >= 0.3 is 12.3 Å². The Kier molecular flexibility index (Phi) is 8.24. The fraction of sp³-hybridized carbons (Fsp3) is 0.250. The van der Waals surface area contributed by atoms with Gasteiger partial charge in [0.05, 0.1) is 6.61 Å². The molecule has 11 heteroatoms. The summed E-state index contributed by atoms with van der Waals surface area (Å²) in [5, 5.41) is 4.70. The molecule has 0 unspecified atom stereocenters. The first-order valence-electron chi connectivity index (χ1n) is 8.98. The lowest BCUT2D eigenvalue weighted by molar-refractivity contribution is -0.274. The van der Waals surface area contributed by atoms with Crippen LogP contribution in [-0.2, 0) is 14.3 Å². The van der Waals surface area contributed by atoms with Gasteiger partial charge in [-0.1, -0.05) is 0 Å². The average Bonchev–Trinajstić information content (AvgIpc) is 2.71. The zero-order chi connectivity index (χ0) is 22.9. The molecule has 0 heterocycles. The van der Waals surface area contributed by atoms with Crippen molar-refractivity contribution in [2.75, 3.05) is 25.1 Å². The quantitative estimate of drug-likeness (QED) is 0.582. The van der Waals surface area contributed by atoms with Gasteiger partial charge in [-0.3, -0.25) is 14.4 Å². The smallest absolute Gasteiger partial charge is 0.494 e. The molecule has 0 atom stereocenters. The molecule has 2 N–H and O–H groups in total.